The molecule has 4 aromatic rings. The van der Waals surface area contributed by atoms with Gasteiger partial charge in [0.1, 0.15) is 17.3 Å². The summed E-state index contributed by atoms with van der Waals surface area (Å²) in [5.41, 5.74) is 0.628. The Bertz CT molecular complexity index is 1380. The first-order valence-electron chi connectivity index (χ1n) is 15.1. The van der Waals surface area contributed by atoms with Gasteiger partial charge in [0.2, 0.25) is 5.76 Å². The largest absolute Gasteiger partial charge is 0.497 e. The second kappa shape index (κ2) is 22.7. The van der Waals surface area contributed by atoms with E-state index in [-0.39, 0.29) is 24.5 Å². The van der Waals surface area contributed by atoms with Crippen LogP contribution in [0.2, 0.25) is 0 Å². The first-order valence-corrected chi connectivity index (χ1v) is 15.1. The summed E-state index contributed by atoms with van der Waals surface area (Å²) in [5.74, 6) is -1.43. The highest BCUT2D eigenvalue weighted by Gasteiger charge is 2.40. The van der Waals surface area contributed by atoms with E-state index in [4.69, 9.17) is 18.6 Å². The van der Waals surface area contributed by atoms with Crippen LogP contribution in [0.3, 0.4) is 0 Å². The molecule has 0 aliphatic heterocycles. The van der Waals surface area contributed by atoms with E-state index < -0.39 is 29.4 Å². The van der Waals surface area contributed by atoms with Crippen molar-refractivity contribution in [1.82, 2.24) is 0 Å². The molecular weight excluding hydrogens is 599 g/mol. The third-order valence-corrected chi connectivity index (χ3v) is 5.45. The van der Waals surface area contributed by atoms with Crippen LogP contribution in [0.4, 0.5) is 18.9 Å². The van der Waals surface area contributed by atoms with Crippen molar-refractivity contribution in [3.05, 3.63) is 102 Å². The van der Waals surface area contributed by atoms with E-state index in [9.17, 15) is 22.8 Å². The maximum absolute atomic E-state index is 13.5. The number of furan rings is 1. The molecule has 10 heteroatoms. The zero-order valence-corrected chi connectivity index (χ0v) is 28.1. The Labute approximate surface area is 270 Å². The molecule has 1 amide bonds. The fourth-order valence-electron chi connectivity index (χ4n) is 3.51. The van der Waals surface area contributed by atoms with E-state index >= 15 is 0 Å². The van der Waals surface area contributed by atoms with Gasteiger partial charge in [0, 0.05) is 11.3 Å². The number of alkyl halides is 3. The Morgan fingerprint density at radius 1 is 0.761 bits per heavy atom. The van der Waals surface area contributed by atoms with Gasteiger partial charge >= 0.3 is 12.1 Å². The SMILES string of the molecule is CC.CC.CC.CCOC(=O)Cc1ccc(NC(=O)c2cc(-c3ccc(OC)cc3)oc2C(F)(F)F)cc1.COc1ccccc1. The van der Waals surface area contributed by atoms with Gasteiger partial charge in [-0.05, 0) is 67.1 Å². The summed E-state index contributed by atoms with van der Waals surface area (Å²) in [6, 6.07) is 23.1. The lowest BCUT2D eigenvalue weighted by atomic mass is 10.1. The predicted octanol–water partition coefficient (Wildman–Crippen LogP) is 10.1. The van der Waals surface area contributed by atoms with Crippen LogP contribution in [0.1, 0.15) is 70.1 Å². The summed E-state index contributed by atoms with van der Waals surface area (Å²) in [7, 11) is 3.13. The molecule has 0 radical (unpaired) electrons. The van der Waals surface area contributed by atoms with Crippen LogP contribution in [0.25, 0.3) is 11.3 Å². The van der Waals surface area contributed by atoms with Gasteiger partial charge in [-0.15, -0.1) is 0 Å². The third-order valence-electron chi connectivity index (χ3n) is 5.45. The second-order valence-corrected chi connectivity index (χ2v) is 8.23. The Morgan fingerprint density at radius 3 is 1.74 bits per heavy atom. The number of halogens is 3. The molecule has 0 bridgehead atoms. The van der Waals surface area contributed by atoms with Crippen molar-refractivity contribution in [1.29, 1.82) is 0 Å². The second-order valence-electron chi connectivity index (χ2n) is 8.23. The van der Waals surface area contributed by atoms with Gasteiger partial charge in [-0.1, -0.05) is 71.9 Å². The first kappa shape index (κ1) is 41.3. The zero-order valence-electron chi connectivity index (χ0n) is 28.1. The minimum Gasteiger partial charge on any atom is -0.497 e. The van der Waals surface area contributed by atoms with Crippen molar-refractivity contribution in [3.8, 4) is 22.8 Å². The zero-order chi connectivity index (χ0) is 35.1. The van der Waals surface area contributed by atoms with Gasteiger partial charge in [-0.3, -0.25) is 9.59 Å². The number of ether oxygens (including phenoxy) is 3. The maximum atomic E-state index is 13.5. The summed E-state index contributed by atoms with van der Waals surface area (Å²) in [4.78, 5) is 24.1. The molecule has 3 aromatic carbocycles. The summed E-state index contributed by atoms with van der Waals surface area (Å²) in [5, 5.41) is 2.42. The summed E-state index contributed by atoms with van der Waals surface area (Å²) in [6.45, 7) is 14.0. The molecule has 0 aliphatic rings. The van der Waals surface area contributed by atoms with E-state index in [1.54, 1.807) is 38.3 Å². The molecule has 0 saturated carbocycles. The van der Waals surface area contributed by atoms with Crippen LogP contribution in [-0.4, -0.2) is 32.7 Å². The monoisotopic (exact) mass is 645 g/mol. The van der Waals surface area contributed by atoms with Crippen molar-refractivity contribution in [2.75, 3.05) is 26.1 Å². The quantitative estimate of drug-likeness (QED) is 0.192. The number of benzene rings is 3. The molecule has 1 aromatic heterocycles. The highest BCUT2D eigenvalue weighted by Crippen LogP contribution is 2.38. The van der Waals surface area contributed by atoms with E-state index in [1.165, 1.54) is 31.4 Å². The molecule has 0 atom stereocenters. The maximum Gasteiger partial charge on any atom is 0.450 e. The Kier molecular flexibility index (Phi) is 20.4. The fourth-order valence-corrected chi connectivity index (χ4v) is 3.51. The summed E-state index contributed by atoms with van der Waals surface area (Å²) in [6.07, 6.45) is -4.81. The molecule has 1 heterocycles. The van der Waals surface area contributed by atoms with Gasteiger partial charge in [-0.25, -0.2) is 0 Å². The summed E-state index contributed by atoms with van der Waals surface area (Å²) < 4.78 is 60.3. The number of esters is 1. The number of methoxy groups -OCH3 is 2. The van der Waals surface area contributed by atoms with Crippen LogP contribution in [0.5, 0.6) is 11.5 Å². The van der Waals surface area contributed by atoms with Gasteiger partial charge in [0.05, 0.1) is 32.8 Å². The van der Waals surface area contributed by atoms with Gasteiger partial charge in [0.25, 0.3) is 5.91 Å². The van der Waals surface area contributed by atoms with Crippen LogP contribution in [-0.2, 0) is 22.1 Å². The van der Waals surface area contributed by atoms with E-state index in [0.717, 1.165) is 11.8 Å². The number of amides is 1. The van der Waals surface area contributed by atoms with E-state index in [2.05, 4.69) is 5.32 Å². The third kappa shape index (κ3) is 13.9. The van der Waals surface area contributed by atoms with Crippen molar-refractivity contribution in [3.63, 3.8) is 0 Å². The highest BCUT2D eigenvalue weighted by molar-refractivity contribution is 6.05. The predicted molar refractivity (Wildman–Crippen MR) is 177 cm³/mol. The molecule has 7 nitrogen and oxygen atoms in total. The number of anilines is 1. The molecule has 0 aliphatic carbocycles. The lowest BCUT2D eigenvalue weighted by Crippen LogP contribution is -2.17. The van der Waals surface area contributed by atoms with Gasteiger partial charge < -0.3 is 23.9 Å². The van der Waals surface area contributed by atoms with Crippen molar-refractivity contribution >= 4 is 17.6 Å². The first-order chi connectivity index (χ1) is 22.1. The van der Waals surface area contributed by atoms with Crippen LogP contribution >= 0.6 is 0 Å². The van der Waals surface area contributed by atoms with E-state index in [0.29, 0.717) is 16.9 Å². The minimum absolute atomic E-state index is 0.0488. The van der Waals surface area contributed by atoms with Crippen LogP contribution < -0.4 is 14.8 Å². The number of carbonyl (C=O) groups is 2. The molecule has 4 rings (SSSR count). The number of para-hydroxylation sites is 1. The molecule has 252 valence electrons. The number of nitrogens with one attached hydrogen (secondary N) is 1. The topological polar surface area (TPSA) is 87.0 Å². The van der Waals surface area contributed by atoms with E-state index in [1.807, 2.05) is 71.9 Å². The molecule has 0 spiro atoms. The van der Waals surface area contributed by atoms with Crippen LogP contribution in [0, 0.1) is 0 Å². The van der Waals surface area contributed by atoms with Crippen molar-refractivity contribution < 1.29 is 41.4 Å². The number of carbonyl (C=O) groups excluding carboxylic acids is 2. The molecule has 46 heavy (non-hydrogen) atoms. The smallest absolute Gasteiger partial charge is 0.450 e. The molecule has 0 saturated heterocycles. The average molecular weight is 646 g/mol. The van der Waals surface area contributed by atoms with Crippen molar-refractivity contribution in [2.24, 2.45) is 0 Å². The summed E-state index contributed by atoms with van der Waals surface area (Å²) >= 11 is 0. The van der Waals surface area contributed by atoms with Crippen LogP contribution in [0.15, 0.2) is 89.3 Å². The molecule has 0 fully saturated rings. The molecule has 0 unspecified atom stereocenters. The number of hydrogen-bond acceptors (Lipinski definition) is 6. The van der Waals surface area contributed by atoms with Gasteiger partial charge in [-0.2, -0.15) is 13.2 Å². The fraction of sp³-hybridized carbons (Fsp3) is 0.333. The normalized spacial score (nSPS) is 9.65. The average Bonchev–Trinajstić information content (AvgIpc) is 3.56. The number of hydrogen-bond donors (Lipinski definition) is 1. The Hall–Kier alpha value is -4.73. The Morgan fingerprint density at radius 2 is 1.28 bits per heavy atom. The standard InChI is InChI=1S/C23H20F3NO5.C7H8O.3C2H6/c1-3-31-20(28)12-14-4-8-16(9-5-14)27-22(29)18-13-19(32-21(18)23(24,25)26)15-6-10-17(30-2)11-7-15;1-8-7-5-3-2-4-6-7;3*1-2/h4-11,13H,3,12H2,1-2H3,(H,27,29);2-6H,1H3;3*1-2H3. The van der Waals surface area contributed by atoms with Crippen molar-refractivity contribution in [2.45, 2.75) is 61.1 Å². The molecule has 1 N–H and O–H groups in total. The minimum atomic E-state index is -4.86. The Balaban J connectivity index is 0.00000122. The lowest BCUT2D eigenvalue weighted by Gasteiger charge is -2.08. The highest BCUT2D eigenvalue weighted by atomic mass is 19.4. The lowest BCUT2D eigenvalue weighted by molar-refractivity contribution is -0.153. The number of rotatable bonds is 8. The van der Waals surface area contributed by atoms with Gasteiger partial charge in [0.15, 0.2) is 0 Å². The molecular formula is C36H46F3NO6.